The van der Waals surface area contributed by atoms with Crippen LogP contribution in [0.4, 0.5) is 0 Å². The molecule has 6 heteroatoms. The summed E-state index contributed by atoms with van der Waals surface area (Å²) in [6.07, 6.45) is 0.605. The van der Waals surface area contributed by atoms with Crippen molar-refractivity contribution >= 4 is 23.6 Å². The maximum atomic E-state index is 12.5. The largest absolute Gasteiger partial charge is 0.451 e. The zero-order valence-electron chi connectivity index (χ0n) is 16.7. The van der Waals surface area contributed by atoms with Crippen molar-refractivity contribution in [3.8, 4) is 0 Å². The van der Waals surface area contributed by atoms with Gasteiger partial charge < -0.3 is 4.74 Å². The molecule has 0 saturated heterocycles. The number of Topliss-reactive ketones (excluding diaryl/α,β-unsaturated/α-hetero) is 1. The first-order chi connectivity index (χ1) is 13.8. The Morgan fingerprint density at radius 2 is 1.59 bits per heavy atom. The molecular formula is C23H23NO5. The van der Waals surface area contributed by atoms with Gasteiger partial charge in [-0.05, 0) is 38.5 Å². The Morgan fingerprint density at radius 3 is 2.24 bits per heavy atom. The average molecular weight is 393 g/mol. The monoisotopic (exact) mass is 393 g/mol. The van der Waals surface area contributed by atoms with E-state index in [1.165, 1.54) is 30.0 Å². The fourth-order valence-electron chi connectivity index (χ4n) is 3.17. The fraction of sp³-hybridized carbons (Fsp3) is 0.304. The van der Waals surface area contributed by atoms with Gasteiger partial charge in [0.1, 0.15) is 0 Å². The number of benzene rings is 2. The van der Waals surface area contributed by atoms with Crippen molar-refractivity contribution in [1.29, 1.82) is 0 Å². The molecule has 1 aliphatic heterocycles. The number of rotatable bonds is 7. The van der Waals surface area contributed by atoms with E-state index in [-0.39, 0.29) is 28.4 Å². The highest BCUT2D eigenvalue weighted by atomic mass is 16.5. The number of carbonyl (C=O) groups is 4. The molecule has 1 heterocycles. The lowest BCUT2D eigenvalue weighted by Gasteiger charge is -2.13. The molecule has 0 N–H and O–H groups in total. The maximum Gasteiger partial charge on any atom is 0.338 e. The van der Waals surface area contributed by atoms with Gasteiger partial charge in [0.2, 0.25) is 5.78 Å². The van der Waals surface area contributed by atoms with Crippen LogP contribution in [-0.2, 0) is 4.74 Å². The van der Waals surface area contributed by atoms with Crippen molar-refractivity contribution in [3.63, 3.8) is 0 Å². The highest BCUT2D eigenvalue weighted by molar-refractivity contribution is 6.22. The number of ether oxygens (including phenoxy) is 1. The van der Waals surface area contributed by atoms with Crippen LogP contribution in [0, 0.1) is 6.92 Å². The van der Waals surface area contributed by atoms with Gasteiger partial charge >= 0.3 is 5.97 Å². The van der Waals surface area contributed by atoms with Crippen molar-refractivity contribution in [2.24, 2.45) is 0 Å². The Kier molecular flexibility index (Phi) is 5.92. The van der Waals surface area contributed by atoms with Gasteiger partial charge in [-0.25, -0.2) is 4.79 Å². The predicted molar refractivity (Wildman–Crippen MR) is 107 cm³/mol. The summed E-state index contributed by atoms with van der Waals surface area (Å²) in [6, 6.07) is 11.3. The average Bonchev–Trinajstić information content (AvgIpc) is 2.96. The van der Waals surface area contributed by atoms with Gasteiger partial charge in [-0.3, -0.25) is 19.3 Å². The SMILES string of the molecule is CCCCN1C(=O)c2ccc(C(=O)O[C@@H](C)C(=O)c3ccc(C)cc3)cc2C1=O. The van der Waals surface area contributed by atoms with Crippen molar-refractivity contribution in [3.05, 3.63) is 70.3 Å². The Balaban J connectivity index is 1.74. The third-order valence-electron chi connectivity index (χ3n) is 4.93. The topological polar surface area (TPSA) is 80.8 Å². The van der Waals surface area contributed by atoms with Crippen LogP contribution in [0.1, 0.15) is 73.7 Å². The van der Waals surface area contributed by atoms with Crippen LogP contribution in [-0.4, -0.2) is 41.1 Å². The number of hydrogen-bond acceptors (Lipinski definition) is 5. The molecule has 0 saturated carbocycles. The Hall–Kier alpha value is -3.28. The Bertz CT molecular complexity index is 977. The number of unbranched alkanes of at least 4 members (excludes halogenated alkanes) is 1. The smallest absolute Gasteiger partial charge is 0.338 e. The summed E-state index contributed by atoms with van der Waals surface area (Å²) in [5.41, 5.74) is 2.09. The standard InChI is InChI=1S/C23H23NO5/c1-4-5-12-24-21(26)18-11-10-17(13-19(18)22(24)27)23(28)29-15(3)20(25)16-8-6-14(2)7-9-16/h6-11,13,15H,4-5,12H2,1-3H3/t15-/m0/s1. The van der Waals surface area contributed by atoms with Crippen molar-refractivity contribution in [1.82, 2.24) is 4.90 Å². The van der Waals surface area contributed by atoms with Crippen molar-refractivity contribution in [2.45, 2.75) is 39.7 Å². The van der Waals surface area contributed by atoms with E-state index < -0.39 is 18.0 Å². The number of nitrogens with zero attached hydrogens (tertiary/aromatic N) is 1. The molecule has 0 bridgehead atoms. The normalized spacial score (nSPS) is 14.0. The predicted octanol–water partition coefficient (Wildman–Crippen LogP) is 3.82. The van der Waals surface area contributed by atoms with Gasteiger partial charge in [-0.15, -0.1) is 0 Å². The highest BCUT2D eigenvalue weighted by Gasteiger charge is 2.35. The van der Waals surface area contributed by atoms with E-state index >= 15 is 0 Å². The minimum atomic E-state index is -0.975. The van der Waals surface area contributed by atoms with E-state index in [2.05, 4.69) is 0 Å². The molecule has 29 heavy (non-hydrogen) atoms. The number of esters is 1. The van der Waals surface area contributed by atoms with Crippen molar-refractivity contribution < 1.29 is 23.9 Å². The number of imide groups is 1. The van der Waals surface area contributed by atoms with Gasteiger partial charge in [0.15, 0.2) is 6.10 Å². The summed E-state index contributed by atoms with van der Waals surface area (Å²) in [4.78, 5) is 51.1. The molecule has 1 aliphatic rings. The minimum absolute atomic E-state index is 0.130. The molecule has 0 aliphatic carbocycles. The number of hydrogen-bond donors (Lipinski definition) is 0. The first kappa shape index (κ1) is 20.5. The van der Waals surface area contributed by atoms with E-state index in [9.17, 15) is 19.2 Å². The number of fused-ring (bicyclic) bond motifs is 1. The van der Waals surface area contributed by atoms with E-state index in [0.29, 0.717) is 12.1 Å². The van der Waals surface area contributed by atoms with Crippen LogP contribution < -0.4 is 0 Å². The second kappa shape index (κ2) is 8.39. The Labute approximate surface area is 169 Å². The zero-order chi connectivity index (χ0) is 21.1. The summed E-state index contributed by atoms with van der Waals surface area (Å²) in [7, 11) is 0. The lowest BCUT2D eigenvalue weighted by atomic mass is 10.0. The maximum absolute atomic E-state index is 12.5. The van der Waals surface area contributed by atoms with Gasteiger partial charge in [-0.2, -0.15) is 0 Å². The minimum Gasteiger partial charge on any atom is -0.451 e. The summed E-state index contributed by atoms with van der Waals surface area (Å²) in [5, 5.41) is 0. The second-order valence-electron chi connectivity index (χ2n) is 7.15. The van der Waals surface area contributed by atoms with E-state index in [1.807, 2.05) is 26.0 Å². The lowest BCUT2D eigenvalue weighted by Crippen LogP contribution is -2.30. The molecule has 3 rings (SSSR count). The molecule has 2 aromatic rings. The summed E-state index contributed by atoms with van der Waals surface area (Å²) in [5.74, 6) is -1.78. The number of carbonyl (C=O) groups excluding carboxylic acids is 4. The first-order valence-corrected chi connectivity index (χ1v) is 9.65. The van der Waals surface area contributed by atoms with E-state index in [1.54, 1.807) is 12.1 Å². The van der Waals surface area contributed by atoms with Crippen molar-refractivity contribution in [2.75, 3.05) is 6.54 Å². The van der Waals surface area contributed by atoms with Crippen LogP contribution in [0.2, 0.25) is 0 Å². The first-order valence-electron chi connectivity index (χ1n) is 9.65. The summed E-state index contributed by atoms with van der Waals surface area (Å²) < 4.78 is 5.30. The fourth-order valence-corrected chi connectivity index (χ4v) is 3.17. The van der Waals surface area contributed by atoms with Gasteiger partial charge in [0.05, 0.1) is 16.7 Å². The number of ketones is 1. The quantitative estimate of drug-likeness (QED) is 0.406. The summed E-state index contributed by atoms with van der Waals surface area (Å²) in [6.45, 7) is 5.76. The molecule has 150 valence electrons. The van der Waals surface area contributed by atoms with E-state index in [0.717, 1.165) is 18.4 Å². The Morgan fingerprint density at radius 1 is 0.966 bits per heavy atom. The third kappa shape index (κ3) is 4.11. The van der Waals surface area contributed by atoms with E-state index in [4.69, 9.17) is 4.74 Å². The van der Waals surface area contributed by atoms with Gasteiger partial charge in [-0.1, -0.05) is 43.2 Å². The molecular weight excluding hydrogens is 370 g/mol. The molecule has 0 fully saturated rings. The number of aryl methyl sites for hydroxylation is 1. The van der Waals surface area contributed by atoms with Crippen LogP contribution in [0.3, 0.4) is 0 Å². The molecule has 0 aromatic heterocycles. The third-order valence-corrected chi connectivity index (χ3v) is 4.93. The number of amides is 2. The van der Waals surface area contributed by atoms with Gasteiger partial charge in [0, 0.05) is 12.1 Å². The molecule has 0 radical (unpaired) electrons. The second-order valence-corrected chi connectivity index (χ2v) is 7.15. The van der Waals surface area contributed by atoms with Crippen LogP contribution in [0.15, 0.2) is 42.5 Å². The molecule has 2 aromatic carbocycles. The molecule has 6 nitrogen and oxygen atoms in total. The molecule has 0 spiro atoms. The molecule has 1 atom stereocenters. The lowest BCUT2D eigenvalue weighted by molar-refractivity contribution is 0.0318. The van der Waals surface area contributed by atoms with Crippen LogP contribution in [0.5, 0.6) is 0 Å². The van der Waals surface area contributed by atoms with Crippen LogP contribution in [0.25, 0.3) is 0 Å². The molecule has 2 amide bonds. The molecule has 0 unspecified atom stereocenters. The van der Waals surface area contributed by atoms with Gasteiger partial charge in [0.25, 0.3) is 11.8 Å². The van der Waals surface area contributed by atoms with Crippen LogP contribution >= 0.6 is 0 Å². The summed E-state index contributed by atoms with van der Waals surface area (Å²) >= 11 is 0. The zero-order valence-corrected chi connectivity index (χ0v) is 16.7. The highest BCUT2D eigenvalue weighted by Crippen LogP contribution is 2.25.